The number of Topliss-reactive ketones (excluding diaryl/α,β-unsaturated/α-hetero) is 2. The van der Waals surface area contributed by atoms with Gasteiger partial charge in [0.15, 0.2) is 42.8 Å². The molecule has 8 amide bonds. The van der Waals surface area contributed by atoms with E-state index in [-0.39, 0.29) is 128 Å². The van der Waals surface area contributed by atoms with Crippen molar-refractivity contribution in [2.45, 2.75) is 146 Å². The van der Waals surface area contributed by atoms with Crippen molar-refractivity contribution in [3.05, 3.63) is 93.6 Å². The molecule has 1 unspecified atom stereocenters. The highest BCUT2D eigenvalue weighted by atomic mass is 16.7. The van der Waals surface area contributed by atoms with Gasteiger partial charge in [0.1, 0.15) is 29.8 Å². The van der Waals surface area contributed by atoms with Crippen LogP contribution in [0.3, 0.4) is 0 Å². The van der Waals surface area contributed by atoms with Crippen LogP contribution in [0.15, 0.2) is 54.6 Å². The summed E-state index contributed by atoms with van der Waals surface area (Å²) < 4.78 is 41.6. The number of anilines is 2. The first-order valence-electron chi connectivity index (χ1n) is 32.0. The maximum atomic E-state index is 14.3. The molecule has 10 N–H and O–H groups in total. The minimum atomic E-state index is -2.50. The zero-order valence-corrected chi connectivity index (χ0v) is 54.3. The molecule has 9 rings (SSSR count). The number of phenolic OH excluding ortho intramolecular Hbond substituents is 2. The van der Waals surface area contributed by atoms with Crippen LogP contribution < -0.4 is 27.4 Å². The molecular weight excluding hydrogens is 1250 g/mol. The summed E-state index contributed by atoms with van der Waals surface area (Å²) in [6.45, 7) is 4.79. The molecule has 30 heteroatoms. The first-order chi connectivity index (χ1) is 45.7. The molecule has 3 aromatic carbocycles. The average Bonchev–Trinajstić information content (AvgIpc) is 0.874. The molecule has 4 aliphatic heterocycles. The van der Waals surface area contributed by atoms with Crippen molar-refractivity contribution in [1.29, 1.82) is 0 Å². The number of carbonyl (C=O) groups excluding carboxylic acids is 11. The van der Waals surface area contributed by atoms with Gasteiger partial charge in [-0.05, 0) is 50.7 Å². The van der Waals surface area contributed by atoms with Gasteiger partial charge in [-0.3, -0.25) is 48.2 Å². The van der Waals surface area contributed by atoms with Crippen LogP contribution in [0, 0.1) is 11.8 Å². The summed E-state index contributed by atoms with van der Waals surface area (Å²) in [5.41, 5.74) is 7.62. The van der Waals surface area contributed by atoms with E-state index in [2.05, 4.69) is 20.9 Å². The number of unbranched alkanes of at least 4 members (excludes halogenated alkanes) is 2. The maximum Gasteiger partial charge on any atom is 0.409 e. The standard InChI is InChI=1S/C66H83N9O21/c1-34(2)54(71-46(78)19-8-7-11-23-75-47(79)20-21-48(75)80)43(76)28-36(15-13-22-69-63(68)86)60(85)70-41-18-10-9-14-37(41)32-92-64(87)72(4)24-25-73(5)65(88)93-33-45(77)66(89)30-39-51(58(84)53-52(56(39)82)55(81)38-16-12-17-40(67)50(38)57(53)83)44(31-66)95-49-29-42-59(35(3)94-49)96-61-62(90-6)91-27-26-74(42)61/h9-10,12,14,16-18,20-21,34-36,42,44,49,54,59,61-62,82,84,89H,7-8,11,13,15,19,22-33,67H2,1-6H3,(H,70,85)(H,71,78)(H3,68,69,86)/t35-,36+,42-,44-,49?,54-,59+,61+,62-,66-/m0/s1. The van der Waals surface area contributed by atoms with Gasteiger partial charge in [0, 0.05) is 144 Å². The van der Waals surface area contributed by atoms with Crippen LogP contribution in [0.25, 0.3) is 0 Å². The molecule has 96 heavy (non-hydrogen) atoms. The average molecular weight is 1340 g/mol. The first kappa shape index (κ1) is 71.4. The highest BCUT2D eigenvalue weighted by molar-refractivity contribution is 6.32. The van der Waals surface area contributed by atoms with E-state index in [4.69, 9.17) is 44.6 Å². The molecular formula is C66H83N9O21. The molecule has 30 nitrogen and oxygen atoms in total. The van der Waals surface area contributed by atoms with E-state index in [1.807, 2.05) is 0 Å². The molecule has 518 valence electrons. The van der Waals surface area contributed by atoms with E-state index in [0.29, 0.717) is 38.0 Å². The van der Waals surface area contributed by atoms with Crippen LogP contribution in [-0.4, -0.2) is 216 Å². The van der Waals surface area contributed by atoms with Gasteiger partial charge in [-0.25, -0.2) is 14.4 Å². The van der Waals surface area contributed by atoms with Crippen LogP contribution in [0.2, 0.25) is 0 Å². The first-order valence-corrected chi connectivity index (χ1v) is 32.0. The van der Waals surface area contributed by atoms with Crippen LogP contribution in [0.4, 0.5) is 25.8 Å². The zero-order valence-electron chi connectivity index (χ0n) is 54.3. The topological polar surface area (TPSA) is 414 Å². The number of nitrogens with one attached hydrogen (secondary N) is 3. The lowest BCUT2D eigenvalue weighted by Gasteiger charge is -2.43. The van der Waals surface area contributed by atoms with Crippen molar-refractivity contribution >= 4 is 76.4 Å². The molecule has 4 heterocycles. The summed E-state index contributed by atoms with van der Waals surface area (Å²) >= 11 is 0. The molecule has 10 atom stereocenters. The summed E-state index contributed by atoms with van der Waals surface area (Å²) in [6.07, 6.45) is -3.90. The molecule has 6 aliphatic rings. The second-order valence-corrected chi connectivity index (χ2v) is 25.2. The van der Waals surface area contributed by atoms with Crippen molar-refractivity contribution < 1.29 is 101 Å². The number of urea groups is 1. The SMILES string of the molecule is CO[C@H]1OCCN2[C@@H]1O[C@@H]1[C@H](C)OC(O[C@H]3C[C@](O)(C(=O)COC(=O)N(C)CCN(C)C(=O)OCc4ccccc4NC(=O)[C@H](CCCNC(N)=O)CC(=O)[C@@H](NC(=O)CCCCCN4C(=O)C=CC4=O)C(C)C)Cc4c(O)c5c(c(O)c43)C(=O)c3c(N)cccc3C5=O)C[C@@H]12. The molecule has 0 aromatic heterocycles. The normalized spacial score (nSPS) is 23.2. The number of nitrogens with two attached hydrogens (primary N) is 2. The number of phenols is 2. The number of aliphatic hydroxyl groups is 1. The fourth-order valence-corrected chi connectivity index (χ4v) is 13.0. The molecule has 0 spiro atoms. The Bertz CT molecular complexity index is 3550. The number of para-hydroxylation sites is 1. The number of ketones is 4. The van der Waals surface area contributed by atoms with Crippen molar-refractivity contribution in [3.63, 3.8) is 0 Å². The lowest BCUT2D eigenvalue weighted by atomic mass is 9.71. The van der Waals surface area contributed by atoms with Crippen LogP contribution in [0.5, 0.6) is 11.5 Å². The third-order valence-electron chi connectivity index (χ3n) is 18.3. The smallest absolute Gasteiger partial charge is 0.409 e. The third kappa shape index (κ3) is 15.8. The Morgan fingerprint density at radius 3 is 2.25 bits per heavy atom. The number of ether oxygens (including phenoxy) is 7. The largest absolute Gasteiger partial charge is 0.507 e. The number of rotatable bonds is 28. The predicted octanol–water partition coefficient (Wildman–Crippen LogP) is 3.22. The Morgan fingerprint density at radius 1 is 0.854 bits per heavy atom. The summed E-state index contributed by atoms with van der Waals surface area (Å²) in [4.78, 5) is 151. The number of imide groups is 1. The Kier molecular flexibility index (Phi) is 23.0. The number of nitrogen functional groups attached to an aromatic ring is 1. The summed E-state index contributed by atoms with van der Waals surface area (Å²) in [7, 11) is 4.23. The van der Waals surface area contributed by atoms with E-state index in [9.17, 15) is 68.1 Å². The fourth-order valence-electron chi connectivity index (χ4n) is 13.0. The Hall–Kier alpha value is -8.91. The number of fused-ring (bicyclic) bond motifs is 6. The molecule has 3 saturated heterocycles. The van der Waals surface area contributed by atoms with Gasteiger partial charge in [-0.1, -0.05) is 50.6 Å². The number of likely N-dealkylation sites (N-methyl/N-ethyl adjacent to an activating group) is 2. The molecule has 3 aromatic rings. The molecule has 0 bridgehead atoms. The summed E-state index contributed by atoms with van der Waals surface area (Å²) in [5, 5.41) is 44.7. The van der Waals surface area contributed by atoms with Gasteiger partial charge in [0.25, 0.3) is 11.8 Å². The van der Waals surface area contributed by atoms with E-state index in [0.717, 1.165) is 14.7 Å². The van der Waals surface area contributed by atoms with Crippen molar-refractivity contribution in [2.75, 3.05) is 78.2 Å². The van der Waals surface area contributed by atoms with Crippen molar-refractivity contribution in [1.82, 2.24) is 30.2 Å². The summed E-state index contributed by atoms with van der Waals surface area (Å²) in [6, 6.07) is 8.65. The maximum absolute atomic E-state index is 14.3. The van der Waals surface area contributed by atoms with E-state index >= 15 is 0 Å². The molecule has 0 saturated carbocycles. The second-order valence-electron chi connectivity index (χ2n) is 25.2. The lowest BCUT2D eigenvalue weighted by molar-refractivity contribution is -0.256. The van der Waals surface area contributed by atoms with Gasteiger partial charge in [0.2, 0.25) is 17.6 Å². The molecule has 2 aliphatic carbocycles. The molecule has 0 radical (unpaired) electrons. The van der Waals surface area contributed by atoms with E-state index in [1.54, 1.807) is 45.0 Å². The van der Waals surface area contributed by atoms with E-state index in [1.165, 1.54) is 51.6 Å². The van der Waals surface area contributed by atoms with Gasteiger partial charge >= 0.3 is 18.2 Å². The lowest BCUT2D eigenvalue weighted by Crippen LogP contribution is -2.55. The zero-order chi connectivity index (χ0) is 69.4. The van der Waals surface area contributed by atoms with Gasteiger partial charge in [-0.15, -0.1) is 0 Å². The number of methoxy groups -OCH3 is 1. The number of morpholine rings is 1. The Labute approximate surface area is 553 Å². The number of nitrogens with zero attached hydrogens (tertiary/aromatic N) is 4. The number of carbonyl (C=O) groups is 11. The number of primary amides is 1. The quantitative estimate of drug-likeness (QED) is 0.0175. The fraction of sp³-hybridized carbons (Fsp3) is 0.530. The Balaban J connectivity index is 0.798. The minimum absolute atomic E-state index is 0.0472. The highest BCUT2D eigenvalue weighted by Gasteiger charge is 2.55. The minimum Gasteiger partial charge on any atom is -0.507 e. The van der Waals surface area contributed by atoms with Crippen LogP contribution >= 0.6 is 0 Å². The van der Waals surface area contributed by atoms with Crippen LogP contribution in [-0.2, 0) is 75.0 Å². The summed E-state index contributed by atoms with van der Waals surface area (Å²) in [5.74, 6) is -7.73. The van der Waals surface area contributed by atoms with Gasteiger partial charge < -0.3 is 85.7 Å². The van der Waals surface area contributed by atoms with Gasteiger partial charge in [0.05, 0.1) is 41.5 Å². The van der Waals surface area contributed by atoms with Gasteiger partial charge in [-0.2, -0.15) is 0 Å². The number of aromatic hydroxyl groups is 2. The third-order valence-corrected chi connectivity index (χ3v) is 18.3. The predicted molar refractivity (Wildman–Crippen MR) is 337 cm³/mol. The van der Waals surface area contributed by atoms with Crippen molar-refractivity contribution in [3.8, 4) is 11.5 Å². The number of hydrogen-bond acceptors (Lipinski definition) is 23. The molecule has 3 fully saturated rings. The highest BCUT2D eigenvalue weighted by Crippen LogP contribution is 2.53. The number of hydrogen-bond donors (Lipinski definition) is 8. The Morgan fingerprint density at radius 2 is 1.55 bits per heavy atom. The second kappa shape index (κ2) is 30.9. The van der Waals surface area contributed by atoms with Crippen molar-refractivity contribution in [2.24, 2.45) is 17.6 Å². The monoisotopic (exact) mass is 1340 g/mol. The van der Waals surface area contributed by atoms with E-state index < -0.39 is 144 Å². The van der Waals surface area contributed by atoms with Crippen LogP contribution in [0.1, 0.15) is 133 Å². The number of benzene rings is 3. The number of amides is 8.